The molecule has 110 valence electrons. The number of hydrogen-bond acceptors (Lipinski definition) is 4. The lowest BCUT2D eigenvalue weighted by molar-refractivity contribution is -0.132. The van der Waals surface area contributed by atoms with E-state index in [9.17, 15) is 13.2 Å². The van der Waals surface area contributed by atoms with Crippen LogP contribution in [-0.4, -0.2) is 35.9 Å². The SMILES string of the molecule is CN=C(NCCC(F)(F)F)NCc1nc(C)no1.I. The van der Waals surface area contributed by atoms with Gasteiger partial charge in [-0.3, -0.25) is 4.99 Å². The topological polar surface area (TPSA) is 75.3 Å². The maximum Gasteiger partial charge on any atom is 0.390 e. The molecule has 10 heteroatoms. The highest BCUT2D eigenvalue weighted by atomic mass is 127. The number of guanidine groups is 1. The number of nitrogens with one attached hydrogen (secondary N) is 2. The number of aliphatic imine (C=N–C) groups is 1. The third-order valence-electron chi connectivity index (χ3n) is 1.90. The van der Waals surface area contributed by atoms with Gasteiger partial charge in [-0.05, 0) is 6.92 Å². The third kappa shape index (κ3) is 7.85. The van der Waals surface area contributed by atoms with Crippen LogP contribution < -0.4 is 10.6 Å². The van der Waals surface area contributed by atoms with E-state index in [2.05, 4.69) is 25.8 Å². The standard InChI is InChI=1S/C9H14F3N5O.HI/c1-6-16-7(18-17-6)5-15-8(13-2)14-4-3-9(10,11)12;/h3-5H2,1-2H3,(H2,13,14,15);1H. The first kappa shape index (κ1) is 17.9. The molecule has 1 aromatic heterocycles. The van der Waals surface area contributed by atoms with Crippen molar-refractivity contribution in [3.05, 3.63) is 11.7 Å². The molecule has 0 radical (unpaired) electrons. The van der Waals surface area contributed by atoms with Crippen molar-refractivity contribution in [1.82, 2.24) is 20.8 Å². The Balaban J connectivity index is 0.00000324. The molecule has 0 fully saturated rings. The molecular formula is C9H15F3IN5O. The molecule has 0 bridgehead atoms. The third-order valence-corrected chi connectivity index (χ3v) is 1.90. The van der Waals surface area contributed by atoms with E-state index < -0.39 is 12.6 Å². The molecule has 2 N–H and O–H groups in total. The van der Waals surface area contributed by atoms with Crippen molar-refractivity contribution in [3.63, 3.8) is 0 Å². The van der Waals surface area contributed by atoms with Gasteiger partial charge in [-0.15, -0.1) is 24.0 Å². The maximum absolute atomic E-state index is 11.9. The maximum atomic E-state index is 11.9. The van der Waals surface area contributed by atoms with Gasteiger partial charge in [0.1, 0.15) is 0 Å². The second kappa shape index (κ2) is 8.17. The van der Waals surface area contributed by atoms with Gasteiger partial charge in [0.15, 0.2) is 11.8 Å². The molecular weight excluding hydrogens is 378 g/mol. The van der Waals surface area contributed by atoms with E-state index in [1.54, 1.807) is 6.92 Å². The van der Waals surface area contributed by atoms with E-state index in [0.717, 1.165) is 0 Å². The van der Waals surface area contributed by atoms with Gasteiger partial charge in [-0.2, -0.15) is 18.2 Å². The molecule has 1 aromatic rings. The van der Waals surface area contributed by atoms with Crippen LogP contribution in [0.3, 0.4) is 0 Å². The average molecular weight is 393 g/mol. The molecule has 6 nitrogen and oxygen atoms in total. The number of nitrogens with zero attached hydrogens (tertiary/aromatic N) is 3. The van der Waals surface area contributed by atoms with Gasteiger partial charge in [-0.25, -0.2) is 0 Å². The van der Waals surface area contributed by atoms with E-state index in [4.69, 9.17) is 4.52 Å². The first-order chi connectivity index (χ1) is 8.40. The summed E-state index contributed by atoms with van der Waals surface area (Å²) in [5.74, 6) is 1.08. The summed E-state index contributed by atoms with van der Waals surface area (Å²) >= 11 is 0. The monoisotopic (exact) mass is 393 g/mol. The fraction of sp³-hybridized carbons (Fsp3) is 0.667. The predicted molar refractivity (Wildman–Crippen MR) is 73.3 cm³/mol. The lowest BCUT2D eigenvalue weighted by Crippen LogP contribution is -2.38. The average Bonchev–Trinajstić information content (AvgIpc) is 2.67. The molecule has 0 amide bonds. The normalized spacial score (nSPS) is 11.9. The molecule has 0 saturated carbocycles. The van der Waals surface area contributed by atoms with E-state index in [1.807, 2.05) is 0 Å². The fourth-order valence-corrected chi connectivity index (χ4v) is 1.11. The number of alkyl halides is 3. The van der Waals surface area contributed by atoms with Crippen LogP contribution in [0.1, 0.15) is 18.1 Å². The van der Waals surface area contributed by atoms with Crippen LogP contribution in [0.15, 0.2) is 9.52 Å². The molecule has 0 aliphatic carbocycles. The minimum atomic E-state index is -4.19. The number of aromatic nitrogens is 2. The molecule has 0 unspecified atom stereocenters. The van der Waals surface area contributed by atoms with Gasteiger partial charge in [0.05, 0.1) is 13.0 Å². The summed E-state index contributed by atoms with van der Waals surface area (Å²) in [6.45, 7) is 1.63. The largest absolute Gasteiger partial charge is 0.390 e. The summed E-state index contributed by atoms with van der Waals surface area (Å²) in [6, 6.07) is 0. The molecule has 1 heterocycles. The van der Waals surface area contributed by atoms with Crippen LogP contribution in [0.2, 0.25) is 0 Å². The van der Waals surface area contributed by atoms with E-state index in [-0.39, 0.29) is 43.0 Å². The number of aryl methyl sites for hydroxylation is 1. The smallest absolute Gasteiger partial charge is 0.356 e. The molecule has 19 heavy (non-hydrogen) atoms. The second-order valence-corrected chi connectivity index (χ2v) is 3.45. The summed E-state index contributed by atoms with van der Waals surface area (Å²) in [4.78, 5) is 7.70. The first-order valence-electron chi connectivity index (χ1n) is 5.21. The summed E-state index contributed by atoms with van der Waals surface area (Å²) in [6.07, 6.45) is -5.11. The van der Waals surface area contributed by atoms with Gasteiger partial charge in [0, 0.05) is 13.6 Å². The zero-order chi connectivity index (χ0) is 13.6. The predicted octanol–water partition coefficient (Wildman–Crippen LogP) is 1.61. The van der Waals surface area contributed by atoms with Crippen molar-refractivity contribution < 1.29 is 17.7 Å². The van der Waals surface area contributed by atoms with Gasteiger partial charge in [0.25, 0.3) is 0 Å². The zero-order valence-electron chi connectivity index (χ0n) is 10.4. The minimum Gasteiger partial charge on any atom is -0.356 e. The van der Waals surface area contributed by atoms with Crippen molar-refractivity contribution in [2.45, 2.75) is 26.1 Å². The van der Waals surface area contributed by atoms with Gasteiger partial charge in [0.2, 0.25) is 5.89 Å². The minimum absolute atomic E-state index is 0. The van der Waals surface area contributed by atoms with Crippen molar-refractivity contribution in [3.8, 4) is 0 Å². The summed E-state index contributed by atoms with van der Waals surface area (Å²) < 4.78 is 40.6. The molecule has 0 spiro atoms. The Hall–Kier alpha value is -1.07. The van der Waals surface area contributed by atoms with Crippen LogP contribution >= 0.6 is 24.0 Å². The number of hydrogen-bond donors (Lipinski definition) is 2. The second-order valence-electron chi connectivity index (χ2n) is 3.45. The number of rotatable bonds is 4. The highest BCUT2D eigenvalue weighted by Crippen LogP contribution is 2.17. The van der Waals surface area contributed by atoms with Gasteiger partial charge in [-0.1, -0.05) is 5.16 Å². The fourth-order valence-electron chi connectivity index (χ4n) is 1.11. The number of halogens is 4. The van der Waals surface area contributed by atoms with Crippen LogP contribution in [-0.2, 0) is 6.54 Å². The Morgan fingerprint density at radius 1 is 1.37 bits per heavy atom. The van der Waals surface area contributed by atoms with Crippen LogP contribution in [0.25, 0.3) is 0 Å². The van der Waals surface area contributed by atoms with Crippen molar-refractivity contribution in [2.75, 3.05) is 13.6 Å². The van der Waals surface area contributed by atoms with Crippen LogP contribution in [0.4, 0.5) is 13.2 Å². The lowest BCUT2D eigenvalue weighted by atomic mass is 10.4. The van der Waals surface area contributed by atoms with Crippen molar-refractivity contribution >= 4 is 29.9 Å². The Labute approximate surface area is 125 Å². The molecule has 0 atom stereocenters. The zero-order valence-corrected chi connectivity index (χ0v) is 12.7. The Morgan fingerprint density at radius 2 is 2.05 bits per heavy atom. The summed E-state index contributed by atoms with van der Waals surface area (Å²) in [5, 5.41) is 8.87. The quantitative estimate of drug-likeness (QED) is 0.462. The first-order valence-corrected chi connectivity index (χ1v) is 5.21. The lowest BCUT2D eigenvalue weighted by Gasteiger charge is -2.11. The van der Waals surface area contributed by atoms with Gasteiger partial charge >= 0.3 is 6.18 Å². The van der Waals surface area contributed by atoms with Gasteiger partial charge < -0.3 is 15.2 Å². The summed E-state index contributed by atoms with van der Waals surface area (Å²) in [7, 11) is 1.46. The summed E-state index contributed by atoms with van der Waals surface area (Å²) in [5.41, 5.74) is 0. The highest BCUT2D eigenvalue weighted by molar-refractivity contribution is 14.0. The Morgan fingerprint density at radius 3 is 2.53 bits per heavy atom. The molecule has 1 rings (SSSR count). The highest BCUT2D eigenvalue weighted by Gasteiger charge is 2.26. The molecule has 0 aromatic carbocycles. The van der Waals surface area contributed by atoms with E-state index >= 15 is 0 Å². The Kier molecular flexibility index (Phi) is 7.71. The molecule has 0 saturated heterocycles. The van der Waals surface area contributed by atoms with E-state index in [1.165, 1.54) is 7.05 Å². The molecule has 0 aliphatic heterocycles. The van der Waals surface area contributed by atoms with Crippen molar-refractivity contribution in [2.24, 2.45) is 4.99 Å². The van der Waals surface area contributed by atoms with Crippen LogP contribution in [0, 0.1) is 6.92 Å². The van der Waals surface area contributed by atoms with Crippen molar-refractivity contribution in [1.29, 1.82) is 0 Å². The Bertz CT molecular complexity index is 407. The molecule has 0 aliphatic rings. The van der Waals surface area contributed by atoms with Crippen LogP contribution in [0.5, 0.6) is 0 Å². The van der Waals surface area contributed by atoms with E-state index in [0.29, 0.717) is 11.7 Å².